The predicted octanol–water partition coefficient (Wildman–Crippen LogP) is 5.92. The molecule has 0 aromatic heterocycles. The molecule has 0 spiro atoms. The molecule has 0 saturated carbocycles. The van der Waals surface area contributed by atoms with Gasteiger partial charge in [-0.25, -0.2) is 9.24 Å². The largest absolute Gasteiger partial charge is 0.425 e. The molecule has 1 amide bonds. The van der Waals surface area contributed by atoms with E-state index in [0.29, 0.717) is 0 Å². The average Bonchev–Trinajstić information content (AvgIpc) is 2.69. The second kappa shape index (κ2) is 6.94. The summed E-state index contributed by atoms with van der Waals surface area (Å²) in [5.41, 5.74) is -0.801. The van der Waals surface area contributed by atoms with Crippen molar-refractivity contribution in [1.29, 1.82) is 0 Å². The Bertz CT molecular complexity index is 1130. The first-order valence-corrected chi connectivity index (χ1v) is 10.3. The summed E-state index contributed by atoms with van der Waals surface area (Å²) in [6.45, 7) is 0. The molecule has 1 heterocycles. The summed E-state index contributed by atoms with van der Waals surface area (Å²) in [7, 11) is -4.00. The zero-order chi connectivity index (χ0) is 20.8. The second-order valence-corrected chi connectivity index (χ2v) is 8.83. The summed E-state index contributed by atoms with van der Waals surface area (Å²) >= 11 is 5.97. The third-order valence-corrected chi connectivity index (χ3v) is 6.94. The van der Waals surface area contributed by atoms with E-state index in [9.17, 15) is 22.5 Å². The Morgan fingerprint density at radius 1 is 0.931 bits per heavy atom. The minimum Gasteiger partial charge on any atom is -0.425 e. The Kier molecular flexibility index (Phi) is 4.68. The van der Waals surface area contributed by atoms with E-state index in [1.807, 2.05) is 0 Å². The van der Waals surface area contributed by atoms with Crippen molar-refractivity contribution in [1.82, 2.24) is 0 Å². The minimum absolute atomic E-state index is 0.0146. The first-order valence-electron chi connectivity index (χ1n) is 8.37. The van der Waals surface area contributed by atoms with E-state index in [2.05, 4.69) is 0 Å². The molecule has 0 aliphatic carbocycles. The quantitative estimate of drug-likeness (QED) is 0.468. The van der Waals surface area contributed by atoms with E-state index in [-0.39, 0.29) is 27.3 Å². The van der Waals surface area contributed by atoms with Gasteiger partial charge >= 0.3 is 13.7 Å². The van der Waals surface area contributed by atoms with Gasteiger partial charge in [-0.2, -0.15) is 13.2 Å². The zero-order valence-corrected chi connectivity index (χ0v) is 16.2. The van der Waals surface area contributed by atoms with Crippen LogP contribution < -0.4 is 14.5 Å². The van der Waals surface area contributed by atoms with E-state index >= 15 is 0 Å². The van der Waals surface area contributed by atoms with Crippen LogP contribution in [0.15, 0.2) is 72.8 Å². The molecular formula is C20H12ClF3NO3P. The van der Waals surface area contributed by atoms with Crippen LogP contribution in [0.2, 0.25) is 5.02 Å². The normalized spacial score (nSPS) is 18.9. The molecule has 0 saturated heterocycles. The SMILES string of the molecule is O=C1c2cc(Cl)ccc2OP(=O)(c2ccccc2)N1c1ccc(C(F)(F)F)cc1. The highest BCUT2D eigenvalue weighted by Crippen LogP contribution is 2.57. The van der Waals surface area contributed by atoms with Crippen molar-refractivity contribution in [3.05, 3.63) is 88.9 Å². The van der Waals surface area contributed by atoms with E-state index in [0.717, 1.165) is 28.9 Å². The molecule has 4 nitrogen and oxygen atoms in total. The lowest BCUT2D eigenvalue weighted by atomic mass is 10.1. The number of amides is 1. The fourth-order valence-electron chi connectivity index (χ4n) is 3.00. The third-order valence-electron chi connectivity index (χ3n) is 4.37. The number of carbonyl (C=O) groups excluding carboxylic acids is 1. The third kappa shape index (κ3) is 3.41. The number of fused-ring (bicyclic) bond motifs is 1. The van der Waals surface area contributed by atoms with Crippen LogP contribution in [0.5, 0.6) is 5.75 Å². The van der Waals surface area contributed by atoms with Gasteiger partial charge in [0.25, 0.3) is 5.91 Å². The Hall–Kier alpha value is -2.76. The molecule has 0 N–H and O–H groups in total. The van der Waals surface area contributed by atoms with Crippen LogP contribution in [0.25, 0.3) is 0 Å². The molecule has 0 radical (unpaired) electrons. The van der Waals surface area contributed by atoms with Crippen LogP contribution in [-0.2, 0) is 10.7 Å². The van der Waals surface area contributed by atoms with Crippen molar-refractivity contribution in [3.63, 3.8) is 0 Å². The number of halogens is 4. The molecule has 4 rings (SSSR count). The van der Waals surface area contributed by atoms with Gasteiger partial charge in [-0.1, -0.05) is 29.8 Å². The van der Waals surface area contributed by atoms with Crippen molar-refractivity contribution >= 4 is 36.0 Å². The van der Waals surface area contributed by atoms with Crippen molar-refractivity contribution in [2.45, 2.75) is 6.18 Å². The number of anilines is 1. The fourth-order valence-corrected chi connectivity index (χ4v) is 5.35. The predicted molar refractivity (Wildman–Crippen MR) is 104 cm³/mol. The standard InChI is InChI=1S/C20H12ClF3NO3P/c21-14-8-11-18-17(12-14)19(26)25(15-9-6-13(7-10-15)20(22,23)24)29(27,28-18)16-4-2-1-3-5-16/h1-12H. The number of alkyl halides is 3. The first-order chi connectivity index (χ1) is 13.7. The van der Waals surface area contributed by atoms with Crippen molar-refractivity contribution in [2.24, 2.45) is 0 Å². The van der Waals surface area contributed by atoms with Gasteiger partial charge in [-0.05, 0) is 54.6 Å². The lowest BCUT2D eigenvalue weighted by molar-refractivity contribution is -0.137. The smallest absolute Gasteiger partial charge is 0.416 e. The van der Waals surface area contributed by atoms with Gasteiger partial charge < -0.3 is 4.52 Å². The highest BCUT2D eigenvalue weighted by atomic mass is 35.5. The molecule has 1 aliphatic heterocycles. The number of nitrogens with zero attached hydrogens (tertiary/aromatic N) is 1. The Morgan fingerprint density at radius 3 is 2.21 bits per heavy atom. The minimum atomic E-state index is -4.54. The molecule has 29 heavy (non-hydrogen) atoms. The lowest BCUT2D eigenvalue weighted by Crippen LogP contribution is -2.38. The summed E-state index contributed by atoms with van der Waals surface area (Å²) in [6, 6.07) is 16.2. The van der Waals surface area contributed by atoms with Gasteiger partial charge in [0.2, 0.25) is 0 Å². The number of benzene rings is 3. The molecular weight excluding hydrogens is 426 g/mol. The second-order valence-electron chi connectivity index (χ2n) is 6.25. The summed E-state index contributed by atoms with van der Waals surface area (Å²) < 4.78 is 59.4. The molecule has 9 heteroatoms. The molecule has 0 fully saturated rings. The Balaban J connectivity index is 1.90. The average molecular weight is 438 g/mol. The Morgan fingerprint density at radius 2 is 1.59 bits per heavy atom. The molecule has 148 valence electrons. The lowest BCUT2D eigenvalue weighted by Gasteiger charge is -2.36. The van der Waals surface area contributed by atoms with Crippen LogP contribution in [0.1, 0.15) is 15.9 Å². The van der Waals surface area contributed by atoms with E-state index in [1.54, 1.807) is 18.2 Å². The highest BCUT2D eigenvalue weighted by molar-refractivity contribution is 7.70. The van der Waals surface area contributed by atoms with Crippen LogP contribution in [-0.4, -0.2) is 5.91 Å². The van der Waals surface area contributed by atoms with Crippen LogP contribution in [0.3, 0.4) is 0 Å². The summed E-state index contributed by atoms with van der Waals surface area (Å²) in [6.07, 6.45) is -4.54. The monoisotopic (exact) mass is 437 g/mol. The Labute approximate surface area is 169 Å². The molecule has 1 aliphatic rings. The maximum Gasteiger partial charge on any atom is 0.416 e. The maximum atomic E-state index is 13.9. The van der Waals surface area contributed by atoms with Gasteiger partial charge in [0.15, 0.2) is 0 Å². The summed E-state index contributed by atoms with van der Waals surface area (Å²) in [5.74, 6) is -0.588. The maximum absolute atomic E-state index is 13.9. The first kappa shape index (κ1) is 19.6. The molecule has 1 atom stereocenters. The van der Waals surface area contributed by atoms with Crippen molar-refractivity contribution in [3.8, 4) is 5.75 Å². The summed E-state index contributed by atoms with van der Waals surface area (Å²) in [4.78, 5) is 13.2. The van der Waals surface area contributed by atoms with Crippen LogP contribution in [0.4, 0.5) is 18.9 Å². The zero-order valence-electron chi connectivity index (χ0n) is 14.6. The van der Waals surface area contributed by atoms with Crippen molar-refractivity contribution < 1.29 is 27.1 Å². The fraction of sp³-hybridized carbons (Fsp3) is 0.0500. The molecule has 1 unspecified atom stereocenters. The van der Waals surface area contributed by atoms with E-state index in [1.165, 1.54) is 30.3 Å². The molecule has 0 bridgehead atoms. The topological polar surface area (TPSA) is 46.6 Å². The highest BCUT2D eigenvalue weighted by Gasteiger charge is 2.46. The van der Waals surface area contributed by atoms with E-state index in [4.69, 9.17) is 16.1 Å². The van der Waals surface area contributed by atoms with Crippen LogP contribution >= 0.6 is 19.1 Å². The molecule has 3 aromatic carbocycles. The number of hydrogen-bond donors (Lipinski definition) is 0. The van der Waals surface area contributed by atoms with Gasteiger partial charge in [0.05, 0.1) is 22.1 Å². The number of rotatable bonds is 2. The van der Waals surface area contributed by atoms with E-state index < -0.39 is 25.2 Å². The van der Waals surface area contributed by atoms with Gasteiger partial charge in [0, 0.05) is 5.02 Å². The van der Waals surface area contributed by atoms with Gasteiger partial charge in [-0.3, -0.25) is 4.79 Å². The number of hydrogen-bond acceptors (Lipinski definition) is 3. The number of carbonyl (C=O) groups is 1. The van der Waals surface area contributed by atoms with Crippen LogP contribution in [0, 0.1) is 0 Å². The van der Waals surface area contributed by atoms with Gasteiger partial charge in [0.1, 0.15) is 5.75 Å². The summed E-state index contributed by atoms with van der Waals surface area (Å²) in [5, 5.41) is 0.498. The van der Waals surface area contributed by atoms with Crippen molar-refractivity contribution in [2.75, 3.05) is 4.67 Å². The van der Waals surface area contributed by atoms with Gasteiger partial charge in [-0.15, -0.1) is 0 Å². The molecule has 3 aromatic rings.